The predicted octanol–water partition coefficient (Wildman–Crippen LogP) is 4.93. The van der Waals surface area contributed by atoms with Crippen molar-refractivity contribution in [3.05, 3.63) is 68.4 Å². The molecule has 0 amide bonds. The third kappa shape index (κ3) is 3.86. The number of halogens is 4. The lowest BCUT2D eigenvalue weighted by molar-refractivity contribution is 0.175. The lowest BCUT2D eigenvalue weighted by atomic mass is 10.0. The molecule has 2 aromatic rings. The Balaban J connectivity index is 2.09. The Morgan fingerprint density at radius 3 is 2.40 bits per heavy atom. The van der Waals surface area contributed by atoms with Crippen molar-refractivity contribution >= 4 is 34.8 Å². The van der Waals surface area contributed by atoms with Gasteiger partial charge in [-0.05, 0) is 29.3 Å². The van der Waals surface area contributed by atoms with Gasteiger partial charge in [0.15, 0.2) is 0 Å². The number of hydrogen-bond acceptors (Lipinski definition) is 1. The summed E-state index contributed by atoms with van der Waals surface area (Å²) in [6, 6.07) is 9.65. The van der Waals surface area contributed by atoms with Crippen molar-refractivity contribution in [3.63, 3.8) is 0 Å². The van der Waals surface area contributed by atoms with Crippen molar-refractivity contribution in [1.29, 1.82) is 0 Å². The molecule has 5 heteroatoms. The van der Waals surface area contributed by atoms with Crippen molar-refractivity contribution < 1.29 is 9.50 Å². The van der Waals surface area contributed by atoms with Crippen LogP contribution in [0.5, 0.6) is 0 Å². The number of benzene rings is 2. The minimum absolute atomic E-state index is 0.0498. The first kappa shape index (κ1) is 15.6. The van der Waals surface area contributed by atoms with E-state index in [1.165, 1.54) is 6.07 Å². The topological polar surface area (TPSA) is 20.2 Å². The monoisotopic (exact) mass is 332 g/mol. The van der Waals surface area contributed by atoms with Gasteiger partial charge >= 0.3 is 0 Å². The fourth-order valence-corrected chi connectivity index (χ4v) is 2.66. The van der Waals surface area contributed by atoms with Crippen LogP contribution >= 0.6 is 34.8 Å². The zero-order valence-electron chi connectivity index (χ0n) is 10.4. The zero-order chi connectivity index (χ0) is 14.7. The molecule has 0 fully saturated rings. The summed E-state index contributed by atoms with van der Waals surface area (Å²) in [6.07, 6.45) is -0.0914. The lowest BCUT2D eigenvalue weighted by Crippen LogP contribution is -2.14. The maximum absolute atomic E-state index is 13.3. The third-order valence-corrected chi connectivity index (χ3v) is 3.97. The standard InChI is InChI=1S/C15H12Cl3FO/c16-11-5-4-9(13(17)8-11)6-12(20)7-10-2-1-3-14(19)15(10)18/h1-5,8,12,20H,6-7H2. The van der Waals surface area contributed by atoms with Gasteiger partial charge in [0.25, 0.3) is 0 Å². The van der Waals surface area contributed by atoms with E-state index in [0.717, 1.165) is 5.56 Å². The Labute approximate surface area is 131 Å². The molecule has 0 spiro atoms. The molecule has 0 bridgehead atoms. The van der Waals surface area contributed by atoms with Crippen molar-refractivity contribution in [2.45, 2.75) is 18.9 Å². The molecule has 1 nitrogen and oxygen atoms in total. The third-order valence-electron chi connectivity index (χ3n) is 2.96. The van der Waals surface area contributed by atoms with E-state index in [0.29, 0.717) is 22.0 Å². The summed E-state index contributed by atoms with van der Waals surface area (Å²) in [6.45, 7) is 0. The molecule has 0 saturated carbocycles. The van der Waals surface area contributed by atoms with Crippen molar-refractivity contribution in [2.75, 3.05) is 0 Å². The Morgan fingerprint density at radius 2 is 1.70 bits per heavy atom. The first-order valence-corrected chi connectivity index (χ1v) is 7.15. The van der Waals surface area contributed by atoms with Gasteiger partial charge in [0.2, 0.25) is 0 Å². The van der Waals surface area contributed by atoms with Crippen LogP contribution < -0.4 is 0 Å². The zero-order valence-corrected chi connectivity index (χ0v) is 12.7. The molecule has 20 heavy (non-hydrogen) atoms. The molecule has 0 heterocycles. The Kier molecular flexibility index (Phi) is 5.28. The first-order valence-electron chi connectivity index (χ1n) is 6.02. The summed E-state index contributed by atoms with van der Waals surface area (Å²) < 4.78 is 13.3. The summed E-state index contributed by atoms with van der Waals surface area (Å²) in [4.78, 5) is 0. The summed E-state index contributed by atoms with van der Waals surface area (Å²) in [5.41, 5.74) is 1.36. The van der Waals surface area contributed by atoms with Crippen LogP contribution in [0.25, 0.3) is 0 Å². The van der Waals surface area contributed by atoms with Gasteiger partial charge in [0, 0.05) is 22.9 Å². The van der Waals surface area contributed by atoms with Gasteiger partial charge in [-0.1, -0.05) is 53.0 Å². The van der Waals surface area contributed by atoms with Crippen LogP contribution in [0.1, 0.15) is 11.1 Å². The number of hydrogen-bond donors (Lipinski definition) is 1. The molecule has 1 N–H and O–H groups in total. The van der Waals surface area contributed by atoms with E-state index in [4.69, 9.17) is 34.8 Å². The average molecular weight is 334 g/mol. The SMILES string of the molecule is OC(Cc1ccc(Cl)cc1Cl)Cc1cccc(F)c1Cl. The molecule has 0 saturated heterocycles. The Morgan fingerprint density at radius 1 is 1.00 bits per heavy atom. The molecule has 2 rings (SSSR count). The minimum Gasteiger partial charge on any atom is -0.392 e. The minimum atomic E-state index is -0.701. The Bertz CT molecular complexity index is 616. The van der Waals surface area contributed by atoms with Gasteiger partial charge in [0.1, 0.15) is 5.82 Å². The predicted molar refractivity (Wildman–Crippen MR) is 81.3 cm³/mol. The summed E-state index contributed by atoms with van der Waals surface area (Å²) in [5.74, 6) is -0.485. The van der Waals surface area contributed by atoms with Crippen molar-refractivity contribution in [1.82, 2.24) is 0 Å². The normalized spacial score (nSPS) is 12.4. The molecule has 0 aliphatic heterocycles. The maximum atomic E-state index is 13.3. The van der Waals surface area contributed by atoms with Gasteiger partial charge in [-0.15, -0.1) is 0 Å². The molecular weight excluding hydrogens is 322 g/mol. The first-order chi connectivity index (χ1) is 9.47. The van der Waals surface area contributed by atoms with Crippen LogP contribution in [0.2, 0.25) is 15.1 Å². The van der Waals surface area contributed by atoms with Crippen LogP contribution in [-0.4, -0.2) is 11.2 Å². The molecule has 0 aromatic heterocycles. The highest BCUT2D eigenvalue weighted by molar-refractivity contribution is 6.35. The molecular formula is C15H12Cl3FO. The van der Waals surface area contributed by atoms with Crippen LogP contribution in [0, 0.1) is 5.82 Å². The van der Waals surface area contributed by atoms with Crippen molar-refractivity contribution in [2.24, 2.45) is 0 Å². The van der Waals surface area contributed by atoms with Crippen LogP contribution in [0.3, 0.4) is 0 Å². The smallest absolute Gasteiger partial charge is 0.142 e. The maximum Gasteiger partial charge on any atom is 0.142 e. The molecule has 0 aliphatic rings. The van der Waals surface area contributed by atoms with E-state index in [-0.39, 0.29) is 11.4 Å². The van der Waals surface area contributed by atoms with E-state index in [9.17, 15) is 9.50 Å². The molecule has 2 aromatic carbocycles. The highest BCUT2D eigenvalue weighted by Crippen LogP contribution is 2.25. The number of aliphatic hydroxyl groups is 1. The van der Waals surface area contributed by atoms with Crippen LogP contribution in [0.15, 0.2) is 36.4 Å². The largest absolute Gasteiger partial charge is 0.392 e. The fourth-order valence-electron chi connectivity index (χ4n) is 1.97. The number of aliphatic hydroxyl groups excluding tert-OH is 1. The second-order valence-electron chi connectivity index (χ2n) is 4.51. The number of rotatable bonds is 4. The van der Waals surface area contributed by atoms with Gasteiger partial charge in [0.05, 0.1) is 11.1 Å². The molecule has 106 valence electrons. The fraction of sp³-hybridized carbons (Fsp3) is 0.200. The Hall–Kier alpha value is -0.800. The van der Waals surface area contributed by atoms with E-state index < -0.39 is 11.9 Å². The molecule has 1 unspecified atom stereocenters. The van der Waals surface area contributed by atoms with Gasteiger partial charge in [-0.2, -0.15) is 0 Å². The quantitative estimate of drug-likeness (QED) is 0.841. The molecule has 1 atom stereocenters. The van der Waals surface area contributed by atoms with Crippen LogP contribution in [0.4, 0.5) is 4.39 Å². The molecule has 0 aliphatic carbocycles. The second-order valence-corrected chi connectivity index (χ2v) is 5.73. The summed E-state index contributed by atoms with van der Waals surface area (Å²) >= 11 is 17.7. The van der Waals surface area contributed by atoms with E-state index >= 15 is 0 Å². The van der Waals surface area contributed by atoms with Crippen LogP contribution in [-0.2, 0) is 12.8 Å². The highest BCUT2D eigenvalue weighted by atomic mass is 35.5. The van der Waals surface area contributed by atoms with Gasteiger partial charge < -0.3 is 5.11 Å². The lowest BCUT2D eigenvalue weighted by Gasteiger charge is -2.13. The highest BCUT2D eigenvalue weighted by Gasteiger charge is 2.13. The van der Waals surface area contributed by atoms with E-state index in [1.54, 1.807) is 30.3 Å². The summed E-state index contributed by atoms with van der Waals surface area (Å²) in [7, 11) is 0. The van der Waals surface area contributed by atoms with Crippen molar-refractivity contribution in [3.8, 4) is 0 Å². The molecule has 0 radical (unpaired) electrons. The van der Waals surface area contributed by atoms with Gasteiger partial charge in [-0.3, -0.25) is 0 Å². The van der Waals surface area contributed by atoms with Gasteiger partial charge in [-0.25, -0.2) is 4.39 Å². The summed E-state index contributed by atoms with van der Waals surface area (Å²) in [5, 5.41) is 11.2. The van der Waals surface area contributed by atoms with E-state index in [2.05, 4.69) is 0 Å². The van der Waals surface area contributed by atoms with E-state index in [1.807, 2.05) is 0 Å². The second kappa shape index (κ2) is 6.77. The average Bonchev–Trinajstić information content (AvgIpc) is 2.38.